The summed E-state index contributed by atoms with van der Waals surface area (Å²) in [4.78, 5) is 46.5. The van der Waals surface area contributed by atoms with E-state index >= 15 is 0 Å². The minimum atomic E-state index is -0.907. The number of benzene rings is 2. The Kier molecular flexibility index (Phi) is 7.71. The lowest BCUT2D eigenvalue weighted by molar-refractivity contribution is -0.139. The van der Waals surface area contributed by atoms with E-state index in [0.717, 1.165) is 11.3 Å². The molecule has 2 aromatic carbocycles. The minimum Gasteiger partial charge on any atom is -0.481 e. The molecule has 8 nitrogen and oxygen atoms in total. The summed E-state index contributed by atoms with van der Waals surface area (Å²) in [6.07, 6.45) is 0.470. The molecule has 194 valence electrons. The third-order valence-corrected chi connectivity index (χ3v) is 6.68. The zero-order valence-electron chi connectivity index (χ0n) is 21.1. The van der Waals surface area contributed by atoms with Gasteiger partial charge in [0.15, 0.2) is 0 Å². The third-order valence-electron chi connectivity index (χ3n) is 6.68. The third kappa shape index (κ3) is 5.49. The Bertz CT molecular complexity index is 1500. The predicted octanol–water partition coefficient (Wildman–Crippen LogP) is 4.48. The van der Waals surface area contributed by atoms with Gasteiger partial charge in [0.1, 0.15) is 0 Å². The van der Waals surface area contributed by atoms with Gasteiger partial charge in [-0.05, 0) is 37.6 Å². The van der Waals surface area contributed by atoms with Crippen LogP contribution in [0.1, 0.15) is 61.4 Å². The van der Waals surface area contributed by atoms with Gasteiger partial charge in [0.25, 0.3) is 0 Å². The molecule has 0 saturated carbocycles. The van der Waals surface area contributed by atoms with Gasteiger partial charge >= 0.3 is 11.9 Å². The molecule has 8 heteroatoms. The number of fused-ring (bicyclic) bond motifs is 1. The number of carboxylic acid groups (broad SMARTS) is 2. The lowest BCUT2D eigenvalue weighted by atomic mass is 10.1. The van der Waals surface area contributed by atoms with Crippen molar-refractivity contribution in [3.8, 4) is 0 Å². The topological polar surface area (TPSA) is 119 Å². The number of aryl methyl sites for hydroxylation is 1. The van der Waals surface area contributed by atoms with Crippen LogP contribution in [0, 0.1) is 6.92 Å². The van der Waals surface area contributed by atoms with Crippen LogP contribution in [0.2, 0.25) is 0 Å². The van der Waals surface area contributed by atoms with E-state index in [1.54, 1.807) is 60.1 Å². The number of nitrogens with zero attached hydrogens (tertiary/aromatic N) is 2. The van der Waals surface area contributed by atoms with Crippen molar-refractivity contribution >= 4 is 23.5 Å². The number of carbonyl (C=O) groups excluding carboxylic acids is 2. The second-order valence-corrected chi connectivity index (χ2v) is 9.20. The zero-order valence-corrected chi connectivity index (χ0v) is 21.1. The molecule has 0 amide bonds. The number of carbonyl (C=O) groups is 4. The summed E-state index contributed by atoms with van der Waals surface area (Å²) in [7, 11) is 1.71. The number of carboxylic acids is 2. The van der Waals surface area contributed by atoms with E-state index < -0.39 is 17.9 Å². The van der Waals surface area contributed by atoms with E-state index in [4.69, 9.17) is 10.2 Å². The van der Waals surface area contributed by atoms with Gasteiger partial charge in [-0.3, -0.25) is 19.2 Å². The summed E-state index contributed by atoms with van der Waals surface area (Å²) in [5.74, 6) is -2.37. The minimum absolute atomic E-state index is 0.0575. The highest BCUT2D eigenvalue weighted by atomic mass is 16.4. The van der Waals surface area contributed by atoms with Crippen molar-refractivity contribution < 1.29 is 29.4 Å². The van der Waals surface area contributed by atoms with Gasteiger partial charge in [-0.25, -0.2) is 0 Å². The molecule has 0 bridgehead atoms. The predicted molar refractivity (Wildman–Crippen MR) is 141 cm³/mol. The average Bonchev–Trinajstić information content (AvgIpc) is 3.60. The van der Waals surface area contributed by atoms with Gasteiger partial charge in [0, 0.05) is 36.1 Å². The molecular formula is C30H28N2O6. The Morgan fingerprint density at radius 2 is 1.39 bits per heavy atom. The van der Waals surface area contributed by atoms with E-state index in [2.05, 4.69) is 0 Å². The van der Waals surface area contributed by atoms with Crippen LogP contribution in [0.25, 0.3) is 0 Å². The van der Waals surface area contributed by atoms with Crippen LogP contribution in [0.3, 0.4) is 0 Å². The highest BCUT2D eigenvalue weighted by Gasteiger charge is 2.31. The maximum atomic E-state index is 12.4. The average molecular weight is 513 g/mol. The molecule has 1 aliphatic heterocycles. The van der Waals surface area contributed by atoms with Gasteiger partial charge in [-0.15, -0.1) is 0 Å². The SMILES string of the molecule is Cc1ccc(C(=O)c2ccc(CC(=O)O)n2C)cc1.O=C(c1ccccc1)c1ccc2n1CCC2C(=O)O. The summed E-state index contributed by atoms with van der Waals surface area (Å²) in [6, 6.07) is 23.2. The molecule has 0 fully saturated rings. The van der Waals surface area contributed by atoms with Crippen molar-refractivity contribution in [2.45, 2.75) is 32.2 Å². The fourth-order valence-electron chi connectivity index (χ4n) is 4.60. The van der Waals surface area contributed by atoms with Crippen LogP contribution in [0.4, 0.5) is 0 Å². The van der Waals surface area contributed by atoms with Crippen molar-refractivity contribution in [1.29, 1.82) is 0 Å². The summed E-state index contributed by atoms with van der Waals surface area (Å²) < 4.78 is 3.46. The van der Waals surface area contributed by atoms with Crippen molar-refractivity contribution in [2.75, 3.05) is 0 Å². The monoisotopic (exact) mass is 512 g/mol. The molecule has 0 spiro atoms. The van der Waals surface area contributed by atoms with Crippen LogP contribution >= 0.6 is 0 Å². The van der Waals surface area contributed by atoms with Crippen LogP contribution in [0.5, 0.6) is 0 Å². The van der Waals surface area contributed by atoms with E-state index in [1.807, 2.05) is 41.8 Å². The molecule has 5 rings (SSSR count). The Morgan fingerprint density at radius 1 is 0.789 bits per heavy atom. The largest absolute Gasteiger partial charge is 0.481 e. The lowest BCUT2D eigenvalue weighted by Gasteiger charge is -2.06. The summed E-state index contributed by atoms with van der Waals surface area (Å²) in [5, 5.41) is 17.9. The highest BCUT2D eigenvalue weighted by molar-refractivity contribution is 6.08. The van der Waals surface area contributed by atoms with Gasteiger partial charge in [0.2, 0.25) is 11.6 Å². The highest BCUT2D eigenvalue weighted by Crippen LogP contribution is 2.31. The van der Waals surface area contributed by atoms with Crippen LogP contribution in [0.15, 0.2) is 78.9 Å². The van der Waals surface area contributed by atoms with E-state index in [9.17, 15) is 19.2 Å². The number of aliphatic carboxylic acids is 2. The molecule has 3 heterocycles. The molecule has 0 saturated heterocycles. The van der Waals surface area contributed by atoms with Gasteiger partial charge in [0.05, 0.1) is 23.7 Å². The Hall–Kier alpha value is -4.72. The molecular weight excluding hydrogens is 484 g/mol. The van der Waals surface area contributed by atoms with Gasteiger partial charge in [-0.2, -0.15) is 0 Å². The van der Waals surface area contributed by atoms with Gasteiger partial charge < -0.3 is 19.3 Å². The number of hydrogen-bond acceptors (Lipinski definition) is 4. The second-order valence-electron chi connectivity index (χ2n) is 9.20. The molecule has 4 aromatic rings. The summed E-state index contributed by atoms with van der Waals surface area (Å²) in [5.41, 5.74) is 4.74. The molecule has 1 unspecified atom stereocenters. The number of hydrogen-bond donors (Lipinski definition) is 2. The van der Waals surface area contributed by atoms with Crippen molar-refractivity contribution in [3.05, 3.63) is 118 Å². The number of ketones is 2. The molecule has 1 atom stereocenters. The smallest absolute Gasteiger partial charge is 0.312 e. The van der Waals surface area contributed by atoms with Crippen LogP contribution < -0.4 is 0 Å². The molecule has 2 N–H and O–H groups in total. The molecule has 0 aliphatic carbocycles. The first-order chi connectivity index (χ1) is 18.2. The van der Waals surface area contributed by atoms with Crippen molar-refractivity contribution in [3.63, 3.8) is 0 Å². The van der Waals surface area contributed by atoms with Crippen LogP contribution in [-0.4, -0.2) is 42.9 Å². The summed E-state index contributed by atoms with van der Waals surface area (Å²) >= 11 is 0. The Morgan fingerprint density at radius 3 is 2.03 bits per heavy atom. The molecule has 0 radical (unpaired) electrons. The maximum Gasteiger partial charge on any atom is 0.312 e. The molecule has 2 aromatic heterocycles. The lowest BCUT2D eigenvalue weighted by Crippen LogP contribution is -2.11. The van der Waals surface area contributed by atoms with E-state index in [1.165, 1.54) is 0 Å². The Balaban J connectivity index is 0.000000177. The van der Waals surface area contributed by atoms with Crippen molar-refractivity contribution in [2.24, 2.45) is 7.05 Å². The number of rotatable bonds is 7. The standard InChI is InChI=1S/C15H13NO3.C15H15NO3/c17-14(10-4-2-1-3-5-10)13-7-6-12-11(15(18)19)8-9-16(12)13;1-10-3-5-11(6-4-10)15(19)13-8-7-12(16(13)2)9-14(17)18/h1-7,11H,8-9H2,(H,18,19);3-8H,9H2,1-2H3,(H,17,18). The van der Waals surface area contributed by atoms with E-state index in [-0.39, 0.29) is 18.0 Å². The fourth-order valence-corrected chi connectivity index (χ4v) is 4.60. The number of aromatic nitrogens is 2. The van der Waals surface area contributed by atoms with Crippen molar-refractivity contribution in [1.82, 2.24) is 9.13 Å². The first-order valence-electron chi connectivity index (χ1n) is 12.2. The quantitative estimate of drug-likeness (QED) is 0.353. The summed E-state index contributed by atoms with van der Waals surface area (Å²) in [6.45, 7) is 2.55. The zero-order chi connectivity index (χ0) is 27.4. The second kappa shape index (κ2) is 11.1. The van der Waals surface area contributed by atoms with E-state index in [0.29, 0.717) is 41.2 Å². The Labute approximate surface area is 219 Å². The first kappa shape index (κ1) is 26.3. The molecule has 1 aliphatic rings. The van der Waals surface area contributed by atoms with Crippen LogP contribution in [-0.2, 0) is 29.6 Å². The first-order valence-corrected chi connectivity index (χ1v) is 12.2. The maximum absolute atomic E-state index is 12.4. The van der Waals surface area contributed by atoms with Gasteiger partial charge in [-0.1, -0.05) is 60.2 Å². The fraction of sp³-hybridized carbons (Fsp3) is 0.200. The molecule has 38 heavy (non-hydrogen) atoms. The normalized spacial score (nSPS) is 13.8.